The SMILES string of the molecule is Cc1ccc(S(=O)(=O)Nc2ccc3c(c2)CCCN3S(=O)(=O)c2cccs2)s1. The lowest BCUT2D eigenvalue weighted by molar-refractivity contribution is 0.588. The fourth-order valence-electron chi connectivity index (χ4n) is 3.16. The maximum absolute atomic E-state index is 12.9. The minimum absolute atomic E-state index is 0.254. The summed E-state index contributed by atoms with van der Waals surface area (Å²) in [5.41, 5.74) is 1.85. The summed E-state index contributed by atoms with van der Waals surface area (Å²) in [7, 11) is -7.26. The van der Waals surface area contributed by atoms with E-state index in [9.17, 15) is 16.8 Å². The Morgan fingerprint density at radius 1 is 1.04 bits per heavy atom. The van der Waals surface area contributed by atoms with E-state index in [1.54, 1.807) is 47.8 Å². The molecule has 0 saturated heterocycles. The molecule has 3 heterocycles. The maximum atomic E-state index is 12.9. The number of nitrogens with zero attached hydrogens (tertiary/aromatic N) is 1. The van der Waals surface area contributed by atoms with Crippen LogP contribution in [0.2, 0.25) is 0 Å². The van der Waals surface area contributed by atoms with Gasteiger partial charge in [0, 0.05) is 17.1 Å². The Hall–Kier alpha value is -1.88. The smallest absolute Gasteiger partial charge is 0.273 e. The third kappa shape index (κ3) is 3.57. The van der Waals surface area contributed by atoms with Gasteiger partial charge in [-0.05, 0) is 67.1 Å². The predicted molar refractivity (Wildman–Crippen MR) is 113 cm³/mol. The van der Waals surface area contributed by atoms with E-state index >= 15 is 0 Å². The van der Waals surface area contributed by atoms with E-state index in [2.05, 4.69) is 4.72 Å². The van der Waals surface area contributed by atoms with Crippen LogP contribution in [0, 0.1) is 6.92 Å². The van der Waals surface area contributed by atoms with Crippen LogP contribution in [0.25, 0.3) is 0 Å². The second-order valence-corrected chi connectivity index (χ2v) is 12.7. The molecule has 4 rings (SSSR count). The van der Waals surface area contributed by atoms with Crippen molar-refractivity contribution in [3.8, 4) is 0 Å². The van der Waals surface area contributed by atoms with Crippen LogP contribution in [0.1, 0.15) is 16.9 Å². The molecule has 0 saturated carbocycles. The number of aryl methyl sites for hydroxylation is 2. The van der Waals surface area contributed by atoms with Crippen LogP contribution in [-0.2, 0) is 26.5 Å². The van der Waals surface area contributed by atoms with Crippen LogP contribution < -0.4 is 9.03 Å². The van der Waals surface area contributed by atoms with Gasteiger partial charge < -0.3 is 0 Å². The molecule has 0 aliphatic carbocycles. The van der Waals surface area contributed by atoms with Gasteiger partial charge in [-0.3, -0.25) is 9.03 Å². The largest absolute Gasteiger partial charge is 0.279 e. The molecule has 148 valence electrons. The summed E-state index contributed by atoms with van der Waals surface area (Å²) in [5.74, 6) is 0. The molecule has 3 aromatic rings. The molecule has 0 spiro atoms. The van der Waals surface area contributed by atoms with Gasteiger partial charge >= 0.3 is 0 Å². The molecule has 0 amide bonds. The summed E-state index contributed by atoms with van der Waals surface area (Å²) in [4.78, 5) is 0.917. The number of anilines is 2. The number of benzene rings is 1. The molecule has 6 nitrogen and oxygen atoms in total. The number of thiophene rings is 2. The summed E-state index contributed by atoms with van der Waals surface area (Å²) < 4.78 is 55.6. The lowest BCUT2D eigenvalue weighted by Crippen LogP contribution is -2.35. The van der Waals surface area contributed by atoms with Crippen molar-refractivity contribution < 1.29 is 16.8 Å². The van der Waals surface area contributed by atoms with Crippen molar-refractivity contribution >= 4 is 54.1 Å². The van der Waals surface area contributed by atoms with E-state index in [-0.39, 0.29) is 4.21 Å². The molecule has 0 atom stereocenters. The average molecular weight is 455 g/mol. The molecule has 0 radical (unpaired) electrons. The molecule has 28 heavy (non-hydrogen) atoms. The summed E-state index contributed by atoms with van der Waals surface area (Å²) in [6, 6.07) is 11.7. The van der Waals surface area contributed by atoms with E-state index in [0.717, 1.165) is 10.4 Å². The first-order valence-corrected chi connectivity index (χ1v) is 13.2. The highest BCUT2D eigenvalue weighted by atomic mass is 32.3. The van der Waals surface area contributed by atoms with Crippen LogP contribution >= 0.6 is 22.7 Å². The molecule has 0 bridgehead atoms. The van der Waals surface area contributed by atoms with Crippen molar-refractivity contribution in [3.63, 3.8) is 0 Å². The summed E-state index contributed by atoms with van der Waals surface area (Å²) >= 11 is 2.40. The first-order valence-electron chi connectivity index (χ1n) is 8.56. The number of fused-ring (bicyclic) bond motifs is 1. The quantitative estimate of drug-likeness (QED) is 0.630. The fourth-order valence-corrected chi connectivity index (χ4v) is 8.13. The van der Waals surface area contributed by atoms with E-state index in [1.807, 2.05) is 6.92 Å². The second-order valence-electron chi connectivity index (χ2n) is 6.43. The summed E-state index contributed by atoms with van der Waals surface area (Å²) in [6.07, 6.45) is 1.37. The Morgan fingerprint density at radius 3 is 2.54 bits per heavy atom. The lowest BCUT2D eigenvalue weighted by Gasteiger charge is -2.30. The molecule has 0 fully saturated rings. The minimum atomic E-state index is -3.66. The van der Waals surface area contributed by atoms with Gasteiger partial charge in [-0.1, -0.05) is 6.07 Å². The molecule has 10 heteroatoms. The van der Waals surface area contributed by atoms with E-state index in [4.69, 9.17) is 0 Å². The first-order chi connectivity index (χ1) is 13.3. The highest BCUT2D eigenvalue weighted by molar-refractivity contribution is 7.95. The van der Waals surface area contributed by atoms with Crippen LogP contribution in [0.4, 0.5) is 11.4 Å². The number of rotatable bonds is 5. The van der Waals surface area contributed by atoms with Crippen molar-refractivity contribution in [2.75, 3.05) is 15.6 Å². The van der Waals surface area contributed by atoms with Crippen LogP contribution in [-0.4, -0.2) is 23.4 Å². The standard InChI is InChI=1S/C18H18N2O4S4/c1-13-6-9-18(26-13)27(21,22)19-15-7-8-16-14(12-15)4-2-10-20(16)28(23,24)17-5-3-11-25-17/h3,5-9,11-12,19H,2,4,10H2,1H3. The Labute approximate surface area is 172 Å². The van der Waals surface area contributed by atoms with Gasteiger partial charge in [0.2, 0.25) is 0 Å². The van der Waals surface area contributed by atoms with Gasteiger partial charge in [-0.25, -0.2) is 16.8 Å². The Morgan fingerprint density at radius 2 is 1.86 bits per heavy atom. The van der Waals surface area contributed by atoms with E-state index in [0.29, 0.717) is 35.0 Å². The summed E-state index contributed by atoms with van der Waals surface area (Å²) in [5, 5.41) is 1.74. The van der Waals surface area contributed by atoms with Gasteiger partial charge in [0.05, 0.1) is 5.69 Å². The van der Waals surface area contributed by atoms with Gasteiger partial charge in [0.15, 0.2) is 0 Å². The molecular formula is C18H18N2O4S4. The van der Waals surface area contributed by atoms with Gasteiger partial charge in [0.25, 0.3) is 20.0 Å². The zero-order valence-electron chi connectivity index (χ0n) is 15.0. The predicted octanol–water partition coefficient (Wildman–Crippen LogP) is 4.06. The average Bonchev–Trinajstić information content (AvgIpc) is 3.33. The molecule has 1 aliphatic rings. The first kappa shape index (κ1) is 19.4. The number of hydrogen-bond acceptors (Lipinski definition) is 6. The van der Waals surface area contributed by atoms with Gasteiger partial charge in [-0.15, -0.1) is 22.7 Å². The van der Waals surface area contributed by atoms with Crippen LogP contribution in [0.15, 0.2) is 56.3 Å². The zero-order chi connectivity index (χ0) is 19.9. The lowest BCUT2D eigenvalue weighted by atomic mass is 10.0. The minimum Gasteiger partial charge on any atom is -0.279 e. The Balaban J connectivity index is 1.66. The monoisotopic (exact) mass is 454 g/mol. The van der Waals surface area contributed by atoms with E-state index < -0.39 is 20.0 Å². The second kappa shape index (κ2) is 7.18. The molecule has 1 aromatic carbocycles. The van der Waals surface area contributed by atoms with Crippen molar-refractivity contribution in [1.29, 1.82) is 0 Å². The number of hydrogen-bond donors (Lipinski definition) is 1. The number of nitrogens with one attached hydrogen (secondary N) is 1. The Kier molecular flexibility index (Phi) is 4.98. The summed E-state index contributed by atoms with van der Waals surface area (Å²) in [6.45, 7) is 2.26. The van der Waals surface area contributed by atoms with Crippen LogP contribution in [0.5, 0.6) is 0 Å². The highest BCUT2D eigenvalue weighted by Crippen LogP contribution is 2.35. The van der Waals surface area contributed by atoms with Gasteiger partial charge in [0.1, 0.15) is 8.42 Å². The molecule has 1 N–H and O–H groups in total. The Bertz CT molecular complexity index is 1210. The van der Waals surface area contributed by atoms with Crippen molar-refractivity contribution in [2.24, 2.45) is 0 Å². The maximum Gasteiger partial charge on any atom is 0.273 e. The van der Waals surface area contributed by atoms with Gasteiger partial charge in [-0.2, -0.15) is 0 Å². The molecular weight excluding hydrogens is 436 g/mol. The zero-order valence-corrected chi connectivity index (χ0v) is 18.2. The third-order valence-electron chi connectivity index (χ3n) is 4.43. The molecule has 1 aliphatic heterocycles. The number of sulfonamides is 2. The van der Waals surface area contributed by atoms with Crippen LogP contribution in [0.3, 0.4) is 0 Å². The topological polar surface area (TPSA) is 83.6 Å². The van der Waals surface area contributed by atoms with E-state index in [1.165, 1.54) is 27.0 Å². The van der Waals surface area contributed by atoms with Crippen molar-refractivity contribution in [3.05, 3.63) is 58.3 Å². The van der Waals surface area contributed by atoms with Crippen molar-refractivity contribution in [2.45, 2.75) is 28.2 Å². The normalized spacial score (nSPS) is 14.7. The molecule has 2 aromatic heterocycles. The van der Waals surface area contributed by atoms with Crippen molar-refractivity contribution in [1.82, 2.24) is 0 Å². The fraction of sp³-hybridized carbons (Fsp3) is 0.222. The molecule has 0 unspecified atom stereocenters. The third-order valence-corrected chi connectivity index (χ3v) is 10.5. The highest BCUT2D eigenvalue weighted by Gasteiger charge is 2.30.